The van der Waals surface area contributed by atoms with Gasteiger partial charge in [-0.05, 0) is 20.8 Å². The molecular formula is C16H19N7O. The predicted octanol–water partition coefficient (Wildman–Crippen LogP) is 2.48. The number of nitrogens with one attached hydrogen (secondary N) is 1. The lowest BCUT2D eigenvalue weighted by molar-refractivity contribution is 0.287. The minimum absolute atomic E-state index is 0.194. The Hall–Kier alpha value is -2.90. The Bertz CT molecular complexity index is 906. The lowest BCUT2D eigenvalue weighted by Crippen LogP contribution is -2.25. The summed E-state index contributed by atoms with van der Waals surface area (Å²) in [5.41, 5.74) is 3.48. The number of hydrogen-bond donors (Lipinski definition) is 1. The Labute approximate surface area is 139 Å². The number of aryl methyl sites for hydroxylation is 2. The number of likely N-dealkylation sites (N-methyl/N-ethyl adjacent to an activating group) is 1. The molecule has 1 aliphatic rings. The third-order valence-electron chi connectivity index (χ3n) is 4.59. The van der Waals surface area contributed by atoms with Crippen molar-refractivity contribution in [1.29, 1.82) is 0 Å². The molecule has 0 fully saturated rings. The van der Waals surface area contributed by atoms with E-state index in [1.807, 2.05) is 44.5 Å². The van der Waals surface area contributed by atoms with E-state index in [0.717, 1.165) is 28.5 Å². The number of hydrogen-bond acceptors (Lipinski definition) is 7. The van der Waals surface area contributed by atoms with Crippen LogP contribution in [0.5, 0.6) is 0 Å². The highest BCUT2D eigenvalue weighted by molar-refractivity contribution is 5.74. The van der Waals surface area contributed by atoms with E-state index in [2.05, 4.69) is 36.9 Å². The van der Waals surface area contributed by atoms with Crippen LogP contribution in [0.25, 0.3) is 5.65 Å². The van der Waals surface area contributed by atoms with Crippen molar-refractivity contribution in [3.8, 4) is 0 Å². The fraction of sp³-hybridized carbons (Fsp3) is 0.375. The van der Waals surface area contributed by atoms with E-state index in [-0.39, 0.29) is 12.0 Å². The molecule has 1 N–H and O–H groups in total. The minimum atomic E-state index is 0.194. The Kier molecular flexibility index (Phi) is 3.26. The molecule has 0 saturated carbocycles. The standard InChI is InChI=1S/C16H19N7O/c1-9-14(11(3)24-21-9)20-15-16-18-8-13(23(16)6-5-17-15)12-7-19-22(4)10(12)2/h5-8,10,12H,1-4H3,(H,17,20). The molecule has 0 radical (unpaired) electrons. The largest absolute Gasteiger partial charge is 0.359 e. The Morgan fingerprint density at radius 3 is 2.75 bits per heavy atom. The van der Waals surface area contributed by atoms with Crippen LogP contribution in [0.4, 0.5) is 11.5 Å². The normalized spacial score (nSPS) is 20.2. The zero-order valence-corrected chi connectivity index (χ0v) is 14.1. The molecule has 4 heterocycles. The molecule has 0 spiro atoms. The zero-order chi connectivity index (χ0) is 16.8. The third-order valence-corrected chi connectivity index (χ3v) is 4.59. The van der Waals surface area contributed by atoms with E-state index in [1.165, 1.54) is 0 Å². The van der Waals surface area contributed by atoms with Gasteiger partial charge >= 0.3 is 0 Å². The molecular weight excluding hydrogens is 306 g/mol. The first-order valence-electron chi connectivity index (χ1n) is 7.85. The predicted molar refractivity (Wildman–Crippen MR) is 90.7 cm³/mol. The van der Waals surface area contributed by atoms with Gasteiger partial charge < -0.3 is 9.84 Å². The second kappa shape index (κ2) is 5.33. The van der Waals surface area contributed by atoms with Crippen molar-refractivity contribution in [3.05, 3.63) is 35.7 Å². The second-order valence-corrected chi connectivity index (χ2v) is 6.08. The van der Waals surface area contributed by atoms with E-state index in [0.29, 0.717) is 5.82 Å². The van der Waals surface area contributed by atoms with Crippen LogP contribution >= 0.6 is 0 Å². The SMILES string of the molecule is Cc1noc(C)c1Nc1nccn2c(C3C=NN(C)C3C)cnc12. The molecule has 24 heavy (non-hydrogen) atoms. The maximum Gasteiger partial charge on any atom is 0.180 e. The molecule has 0 aromatic carbocycles. The first-order valence-corrected chi connectivity index (χ1v) is 7.85. The molecule has 1 aliphatic heterocycles. The highest BCUT2D eigenvalue weighted by Crippen LogP contribution is 2.29. The van der Waals surface area contributed by atoms with Crippen LogP contribution in [-0.2, 0) is 0 Å². The minimum Gasteiger partial charge on any atom is -0.359 e. The molecule has 4 rings (SSSR count). The average molecular weight is 325 g/mol. The summed E-state index contributed by atoms with van der Waals surface area (Å²) in [4.78, 5) is 9.00. The van der Waals surface area contributed by atoms with E-state index < -0.39 is 0 Å². The number of imidazole rings is 1. The van der Waals surface area contributed by atoms with Crippen LogP contribution in [-0.4, -0.2) is 43.8 Å². The van der Waals surface area contributed by atoms with Crippen molar-refractivity contribution >= 4 is 23.4 Å². The number of nitrogens with zero attached hydrogens (tertiary/aromatic N) is 6. The van der Waals surface area contributed by atoms with Crippen LogP contribution in [0.15, 0.2) is 28.2 Å². The lowest BCUT2D eigenvalue weighted by atomic mass is 10.0. The van der Waals surface area contributed by atoms with Crippen LogP contribution < -0.4 is 5.32 Å². The van der Waals surface area contributed by atoms with Crippen molar-refractivity contribution < 1.29 is 4.52 Å². The molecule has 0 bridgehead atoms. The highest BCUT2D eigenvalue weighted by atomic mass is 16.5. The first kappa shape index (κ1) is 14.7. The third kappa shape index (κ3) is 2.14. The Balaban J connectivity index is 1.76. The summed E-state index contributed by atoms with van der Waals surface area (Å²) in [6, 6.07) is 0.289. The maximum atomic E-state index is 5.20. The van der Waals surface area contributed by atoms with Gasteiger partial charge in [0.1, 0.15) is 11.4 Å². The van der Waals surface area contributed by atoms with Gasteiger partial charge in [-0.25, -0.2) is 9.97 Å². The summed E-state index contributed by atoms with van der Waals surface area (Å²) < 4.78 is 7.26. The number of anilines is 2. The number of hydrazone groups is 1. The van der Waals surface area contributed by atoms with Gasteiger partial charge in [0.15, 0.2) is 17.2 Å². The molecule has 8 heteroatoms. The fourth-order valence-corrected chi connectivity index (χ4v) is 3.02. The smallest absolute Gasteiger partial charge is 0.180 e. The number of fused-ring (bicyclic) bond motifs is 1. The van der Waals surface area contributed by atoms with Gasteiger partial charge in [-0.1, -0.05) is 5.16 Å². The quantitative estimate of drug-likeness (QED) is 0.796. The molecule has 8 nitrogen and oxygen atoms in total. The summed E-state index contributed by atoms with van der Waals surface area (Å²) in [7, 11) is 1.98. The van der Waals surface area contributed by atoms with Gasteiger partial charge in [0, 0.05) is 25.7 Å². The van der Waals surface area contributed by atoms with Gasteiger partial charge in [-0.3, -0.25) is 9.41 Å². The maximum absolute atomic E-state index is 5.20. The Morgan fingerprint density at radius 2 is 2.08 bits per heavy atom. The summed E-state index contributed by atoms with van der Waals surface area (Å²) in [6.07, 6.45) is 7.55. The molecule has 0 saturated heterocycles. The van der Waals surface area contributed by atoms with Crippen molar-refractivity contribution in [3.63, 3.8) is 0 Å². The second-order valence-electron chi connectivity index (χ2n) is 6.08. The van der Waals surface area contributed by atoms with Crippen molar-refractivity contribution in [2.24, 2.45) is 5.10 Å². The molecule has 3 aromatic rings. The van der Waals surface area contributed by atoms with Crippen LogP contribution in [0.2, 0.25) is 0 Å². The molecule has 2 unspecified atom stereocenters. The monoisotopic (exact) mass is 325 g/mol. The van der Waals surface area contributed by atoms with Crippen LogP contribution in [0.3, 0.4) is 0 Å². The zero-order valence-electron chi connectivity index (χ0n) is 14.1. The van der Waals surface area contributed by atoms with E-state index in [4.69, 9.17) is 4.52 Å². The van der Waals surface area contributed by atoms with Gasteiger partial charge in [0.05, 0.1) is 23.9 Å². The van der Waals surface area contributed by atoms with Crippen molar-refractivity contribution in [1.82, 2.24) is 24.5 Å². The number of rotatable bonds is 3. The van der Waals surface area contributed by atoms with Gasteiger partial charge in [-0.15, -0.1) is 0 Å². The van der Waals surface area contributed by atoms with Gasteiger partial charge in [0.25, 0.3) is 0 Å². The van der Waals surface area contributed by atoms with Crippen molar-refractivity contribution in [2.45, 2.75) is 32.7 Å². The average Bonchev–Trinajstić information content (AvgIpc) is 3.23. The van der Waals surface area contributed by atoms with Crippen molar-refractivity contribution in [2.75, 3.05) is 12.4 Å². The molecule has 124 valence electrons. The number of aromatic nitrogens is 4. The lowest BCUT2D eigenvalue weighted by Gasteiger charge is -2.19. The van der Waals surface area contributed by atoms with Crippen LogP contribution in [0.1, 0.15) is 30.0 Å². The Morgan fingerprint density at radius 1 is 1.25 bits per heavy atom. The molecule has 0 amide bonds. The summed E-state index contributed by atoms with van der Waals surface area (Å²) >= 11 is 0. The topological polar surface area (TPSA) is 83.8 Å². The molecule has 2 atom stereocenters. The summed E-state index contributed by atoms with van der Waals surface area (Å²) in [5.74, 6) is 1.59. The summed E-state index contributed by atoms with van der Waals surface area (Å²) in [6.45, 7) is 5.91. The highest BCUT2D eigenvalue weighted by Gasteiger charge is 2.28. The van der Waals surface area contributed by atoms with E-state index in [9.17, 15) is 0 Å². The molecule has 3 aromatic heterocycles. The summed E-state index contributed by atoms with van der Waals surface area (Å²) in [5, 5.41) is 13.6. The van der Waals surface area contributed by atoms with E-state index in [1.54, 1.807) is 6.20 Å². The first-order chi connectivity index (χ1) is 11.6. The van der Waals surface area contributed by atoms with E-state index >= 15 is 0 Å². The van der Waals surface area contributed by atoms with Crippen LogP contribution in [0, 0.1) is 13.8 Å². The van der Waals surface area contributed by atoms with Gasteiger partial charge in [0.2, 0.25) is 0 Å². The fourth-order valence-electron chi connectivity index (χ4n) is 3.02. The van der Waals surface area contributed by atoms with Gasteiger partial charge in [-0.2, -0.15) is 5.10 Å². The molecule has 0 aliphatic carbocycles.